The molecule has 1 rings (SSSR count). The first kappa shape index (κ1) is 13.8. The first-order valence-electron chi connectivity index (χ1n) is 4.87. The van der Waals surface area contributed by atoms with E-state index in [-0.39, 0.29) is 6.04 Å². The Morgan fingerprint density at radius 3 is 2.50 bits per heavy atom. The number of anilines is 1. The lowest BCUT2D eigenvalue weighted by Gasteiger charge is -2.17. The Balaban J connectivity index is 2.87. The van der Waals surface area contributed by atoms with E-state index in [0.29, 0.717) is 6.61 Å². The largest absolute Gasteiger partial charge is 0.495 e. The number of benzene rings is 1. The summed E-state index contributed by atoms with van der Waals surface area (Å²) >= 11 is 6.93. The van der Waals surface area contributed by atoms with Crippen molar-refractivity contribution in [1.82, 2.24) is 0 Å². The van der Waals surface area contributed by atoms with Gasteiger partial charge in [-0.1, -0.05) is 0 Å². The molecule has 0 radical (unpaired) electrons. The standard InChI is InChI=1S/C11H15Br2NO2/c1-7(6-15-2)14-10-5-11(16-3)9(13)4-8(10)12/h4-5,7,14H,6H2,1-3H3. The normalized spacial score (nSPS) is 12.3. The molecule has 90 valence electrons. The zero-order valence-electron chi connectivity index (χ0n) is 9.51. The van der Waals surface area contributed by atoms with Gasteiger partial charge in [-0.15, -0.1) is 0 Å². The topological polar surface area (TPSA) is 30.5 Å². The summed E-state index contributed by atoms with van der Waals surface area (Å²) in [6.07, 6.45) is 0. The first-order chi connectivity index (χ1) is 7.58. The smallest absolute Gasteiger partial charge is 0.135 e. The molecule has 1 aromatic carbocycles. The van der Waals surface area contributed by atoms with Crippen LogP contribution in [0.15, 0.2) is 21.1 Å². The SMILES string of the molecule is COCC(C)Nc1cc(OC)c(Br)cc1Br. The van der Waals surface area contributed by atoms with Gasteiger partial charge < -0.3 is 14.8 Å². The highest BCUT2D eigenvalue weighted by atomic mass is 79.9. The molecule has 0 aliphatic heterocycles. The third kappa shape index (κ3) is 3.64. The molecule has 0 aromatic heterocycles. The zero-order valence-corrected chi connectivity index (χ0v) is 12.7. The predicted octanol–water partition coefficient (Wildman–Crippen LogP) is 3.67. The van der Waals surface area contributed by atoms with E-state index in [2.05, 4.69) is 44.1 Å². The second kappa shape index (κ2) is 6.47. The van der Waals surface area contributed by atoms with E-state index < -0.39 is 0 Å². The van der Waals surface area contributed by atoms with Crippen LogP contribution in [0.3, 0.4) is 0 Å². The third-order valence-electron chi connectivity index (χ3n) is 2.06. The van der Waals surface area contributed by atoms with Crippen LogP contribution in [-0.2, 0) is 4.74 Å². The van der Waals surface area contributed by atoms with E-state index in [1.807, 2.05) is 12.1 Å². The molecule has 1 N–H and O–H groups in total. The summed E-state index contributed by atoms with van der Waals surface area (Å²) < 4.78 is 12.2. The average molecular weight is 353 g/mol. The molecule has 0 bridgehead atoms. The van der Waals surface area contributed by atoms with Crippen molar-refractivity contribution in [3.05, 3.63) is 21.1 Å². The number of ether oxygens (including phenoxy) is 2. The Morgan fingerprint density at radius 1 is 1.25 bits per heavy atom. The monoisotopic (exact) mass is 351 g/mol. The summed E-state index contributed by atoms with van der Waals surface area (Å²) in [7, 11) is 3.34. The fraction of sp³-hybridized carbons (Fsp3) is 0.455. The molecule has 3 nitrogen and oxygen atoms in total. The molecule has 0 saturated carbocycles. The Bertz CT molecular complexity index is 358. The van der Waals surface area contributed by atoms with E-state index in [9.17, 15) is 0 Å². The van der Waals surface area contributed by atoms with Crippen molar-refractivity contribution < 1.29 is 9.47 Å². The van der Waals surface area contributed by atoms with Gasteiger partial charge in [-0.25, -0.2) is 0 Å². The van der Waals surface area contributed by atoms with Crippen molar-refractivity contribution in [3.8, 4) is 5.75 Å². The molecular weight excluding hydrogens is 338 g/mol. The highest BCUT2D eigenvalue weighted by Gasteiger charge is 2.09. The van der Waals surface area contributed by atoms with Crippen LogP contribution in [-0.4, -0.2) is 26.9 Å². The third-order valence-corrected chi connectivity index (χ3v) is 3.34. The number of methoxy groups -OCH3 is 2. The molecule has 0 saturated heterocycles. The minimum atomic E-state index is 0.243. The fourth-order valence-corrected chi connectivity index (χ4v) is 2.62. The highest BCUT2D eigenvalue weighted by Crippen LogP contribution is 2.34. The summed E-state index contributed by atoms with van der Waals surface area (Å²) in [6, 6.07) is 4.15. The molecule has 1 atom stereocenters. The Hall–Kier alpha value is -0.260. The van der Waals surface area contributed by atoms with Crippen molar-refractivity contribution in [3.63, 3.8) is 0 Å². The van der Waals surface area contributed by atoms with Crippen molar-refractivity contribution in [2.75, 3.05) is 26.1 Å². The van der Waals surface area contributed by atoms with E-state index >= 15 is 0 Å². The van der Waals surface area contributed by atoms with Gasteiger partial charge in [-0.05, 0) is 44.8 Å². The van der Waals surface area contributed by atoms with Crippen molar-refractivity contribution >= 4 is 37.5 Å². The lowest BCUT2D eigenvalue weighted by atomic mass is 10.2. The maximum atomic E-state index is 5.24. The first-order valence-corrected chi connectivity index (χ1v) is 6.45. The summed E-state index contributed by atoms with van der Waals surface area (Å²) in [4.78, 5) is 0. The molecule has 0 aliphatic rings. The van der Waals surface area contributed by atoms with Crippen molar-refractivity contribution in [1.29, 1.82) is 0 Å². The maximum Gasteiger partial charge on any atom is 0.135 e. The Labute approximate surface area is 113 Å². The van der Waals surface area contributed by atoms with Crippen LogP contribution in [0.25, 0.3) is 0 Å². The average Bonchev–Trinajstić information content (AvgIpc) is 2.22. The van der Waals surface area contributed by atoms with Crippen LogP contribution in [0.1, 0.15) is 6.92 Å². The molecule has 1 unspecified atom stereocenters. The number of hydrogen-bond donors (Lipinski definition) is 1. The number of hydrogen-bond acceptors (Lipinski definition) is 3. The predicted molar refractivity (Wildman–Crippen MR) is 73.4 cm³/mol. The van der Waals surface area contributed by atoms with Gasteiger partial charge in [0.05, 0.1) is 23.9 Å². The zero-order chi connectivity index (χ0) is 12.1. The molecule has 0 amide bonds. The van der Waals surface area contributed by atoms with Crippen LogP contribution in [0, 0.1) is 0 Å². The van der Waals surface area contributed by atoms with Gasteiger partial charge >= 0.3 is 0 Å². The van der Waals surface area contributed by atoms with Crippen LogP contribution in [0.4, 0.5) is 5.69 Å². The van der Waals surface area contributed by atoms with E-state index in [1.165, 1.54) is 0 Å². The van der Waals surface area contributed by atoms with Gasteiger partial charge in [0.1, 0.15) is 5.75 Å². The summed E-state index contributed by atoms with van der Waals surface area (Å²) in [5.41, 5.74) is 0.990. The summed E-state index contributed by atoms with van der Waals surface area (Å²) in [6.45, 7) is 2.72. The number of nitrogens with one attached hydrogen (secondary N) is 1. The maximum absolute atomic E-state index is 5.24. The van der Waals surface area contributed by atoms with Gasteiger partial charge in [0.2, 0.25) is 0 Å². The van der Waals surface area contributed by atoms with Crippen LogP contribution < -0.4 is 10.1 Å². The second-order valence-corrected chi connectivity index (χ2v) is 5.18. The van der Waals surface area contributed by atoms with Gasteiger partial charge in [0.15, 0.2) is 0 Å². The fourth-order valence-electron chi connectivity index (χ4n) is 1.35. The molecule has 0 fully saturated rings. The van der Waals surface area contributed by atoms with Crippen LogP contribution in [0.2, 0.25) is 0 Å². The van der Waals surface area contributed by atoms with E-state index in [4.69, 9.17) is 9.47 Å². The molecular formula is C11H15Br2NO2. The van der Waals surface area contributed by atoms with Crippen molar-refractivity contribution in [2.24, 2.45) is 0 Å². The summed E-state index contributed by atoms with van der Waals surface area (Å²) in [5, 5.41) is 3.34. The molecule has 16 heavy (non-hydrogen) atoms. The summed E-state index contributed by atoms with van der Waals surface area (Å²) in [5.74, 6) is 0.801. The lowest BCUT2D eigenvalue weighted by molar-refractivity contribution is 0.190. The van der Waals surface area contributed by atoms with Crippen LogP contribution in [0.5, 0.6) is 5.75 Å². The second-order valence-electron chi connectivity index (χ2n) is 3.47. The molecule has 1 aromatic rings. The minimum Gasteiger partial charge on any atom is -0.495 e. The minimum absolute atomic E-state index is 0.243. The van der Waals surface area contributed by atoms with Gasteiger partial charge in [-0.2, -0.15) is 0 Å². The number of rotatable bonds is 5. The Kier molecular flexibility index (Phi) is 5.58. The molecule has 0 heterocycles. The number of halogens is 2. The van der Waals surface area contributed by atoms with E-state index in [0.717, 1.165) is 20.4 Å². The Morgan fingerprint density at radius 2 is 1.94 bits per heavy atom. The molecule has 5 heteroatoms. The van der Waals surface area contributed by atoms with Crippen molar-refractivity contribution in [2.45, 2.75) is 13.0 Å². The highest BCUT2D eigenvalue weighted by molar-refractivity contribution is 9.11. The lowest BCUT2D eigenvalue weighted by Crippen LogP contribution is -2.21. The van der Waals surface area contributed by atoms with Gasteiger partial charge in [-0.3, -0.25) is 0 Å². The molecule has 0 spiro atoms. The quantitative estimate of drug-likeness (QED) is 0.877. The van der Waals surface area contributed by atoms with Crippen LogP contribution >= 0.6 is 31.9 Å². The van der Waals surface area contributed by atoms with Gasteiger partial charge in [0, 0.05) is 23.7 Å². The van der Waals surface area contributed by atoms with Gasteiger partial charge in [0.25, 0.3) is 0 Å². The van der Waals surface area contributed by atoms with E-state index in [1.54, 1.807) is 14.2 Å². The molecule has 0 aliphatic carbocycles.